The third kappa shape index (κ3) is 4.82. The Morgan fingerprint density at radius 3 is 2.48 bits per heavy atom. The van der Waals surface area contributed by atoms with Gasteiger partial charge in [-0.25, -0.2) is 8.42 Å². The minimum absolute atomic E-state index is 0.0441. The summed E-state index contributed by atoms with van der Waals surface area (Å²) in [5.41, 5.74) is 2.15. The highest BCUT2D eigenvalue weighted by atomic mass is 32.2. The van der Waals surface area contributed by atoms with Crippen LogP contribution in [0.2, 0.25) is 0 Å². The molecule has 1 heterocycles. The van der Waals surface area contributed by atoms with Crippen LogP contribution >= 0.6 is 0 Å². The number of sulfone groups is 1. The largest absolute Gasteiger partial charge is 0.224 e. The van der Waals surface area contributed by atoms with Crippen LogP contribution in [0.15, 0.2) is 23.1 Å². The van der Waals surface area contributed by atoms with Crippen molar-refractivity contribution in [2.24, 2.45) is 0 Å². The lowest BCUT2D eigenvalue weighted by Gasteiger charge is -2.25. The molecule has 1 aliphatic rings. The second-order valence-corrected chi connectivity index (χ2v) is 9.73. The molecule has 0 radical (unpaired) electrons. The standard InChI is InChI=1S/C20H32O2S/c1-4-5-6-7-8-9-11-17-12-13-18-19(16-17)23(21,22)15-10-14-20(18,2)3/h12-13,16H,4-11,14-15H2,1-3H3. The van der Waals surface area contributed by atoms with Gasteiger partial charge >= 0.3 is 0 Å². The molecule has 130 valence electrons. The molecule has 0 aliphatic carbocycles. The molecule has 1 aromatic rings. The lowest BCUT2D eigenvalue weighted by Crippen LogP contribution is -2.17. The van der Waals surface area contributed by atoms with Crippen molar-refractivity contribution in [2.75, 3.05) is 5.75 Å². The van der Waals surface area contributed by atoms with Gasteiger partial charge in [-0.05, 0) is 48.3 Å². The monoisotopic (exact) mass is 336 g/mol. The van der Waals surface area contributed by atoms with Crippen molar-refractivity contribution in [1.29, 1.82) is 0 Å². The molecule has 2 nitrogen and oxygen atoms in total. The van der Waals surface area contributed by atoms with E-state index >= 15 is 0 Å². The lowest BCUT2D eigenvalue weighted by atomic mass is 9.80. The number of rotatable bonds is 7. The Kier molecular flexibility index (Phi) is 6.30. The van der Waals surface area contributed by atoms with Gasteiger partial charge in [0.15, 0.2) is 9.84 Å². The molecule has 1 aliphatic heterocycles. The van der Waals surface area contributed by atoms with Gasteiger partial charge in [-0.2, -0.15) is 0 Å². The first kappa shape index (κ1) is 18.5. The summed E-state index contributed by atoms with van der Waals surface area (Å²) in [6.07, 6.45) is 10.3. The number of hydrogen-bond acceptors (Lipinski definition) is 2. The van der Waals surface area contributed by atoms with Gasteiger partial charge in [-0.3, -0.25) is 0 Å². The van der Waals surface area contributed by atoms with Crippen molar-refractivity contribution in [1.82, 2.24) is 0 Å². The van der Waals surface area contributed by atoms with E-state index in [2.05, 4.69) is 32.9 Å². The fourth-order valence-corrected chi connectivity index (χ4v) is 5.35. The molecule has 0 bridgehead atoms. The molecule has 0 saturated heterocycles. The molecule has 23 heavy (non-hydrogen) atoms. The van der Waals surface area contributed by atoms with Crippen LogP contribution in [0.3, 0.4) is 0 Å². The zero-order valence-corrected chi connectivity index (χ0v) is 15.8. The molecule has 3 heteroatoms. The number of fused-ring (bicyclic) bond motifs is 1. The normalized spacial score (nSPS) is 19.1. The zero-order chi connectivity index (χ0) is 16.9. The lowest BCUT2D eigenvalue weighted by molar-refractivity contribution is 0.471. The number of benzene rings is 1. The number of aryl methyl sites for hydroxylation is 1. The Bertz CT molecular complexity index is 615. The van der Waals surface area contributed by atoms with Gasteiger partial charge in [-0.15, -0.1) is 0 Å². The Labute approximate surface area is 142 Å². The van der Waals surface area contributed by atoms with Crippen LogP contribution in [0.4, 0.5) is 0 Å². The highest BCUT2D eigenvalue weighted by Crippen LogP contribution is 2.37. The predicted molar refractivity (Wildman–Crippen MR) is 97.8 cm³/mol. The van der Waals surface area contributed by atoms with Crippen LogP contribution in [0.25, 0.3) is 0 Å². The van der Waals surface area contributed by atoms with Crippen LogP contribution in [0.1, 0.15) is 83.3 Å². The highest BCUT2D eigenvalue weighted by molar-refractivity contribution is 7.91. The van der Waals surface area contributed by atoms with Gasteiger partial charge in [0.1, 0.15) is 0 Å². The van der Waals surface area contributed by atoms with E-state index in [1.165, 1.54) is 37.7 Å². The van der Waals surface area contributed by atoms with E-state index in [0.29, 0.717) is 10.6 Å². The first-order valence-corrected chi connectivity index (χ1v) is 10.9. The molecule has 0 unspecified atom stereocenters. The molecule has 0 N–H and O–H groups in total. The molecule has 2 rings (SSSR count). The van der Waals surface area contributed by atoms with Crippen LogP contribution in [-0.2, 0) is 21.7 Å². The smallest absolute Gasteiger partial charge is 0.178 e. The van der Waals surface area contributed by atoms with Crippen LogP contribution in [-0.4, -0.2) is 14.2 Å². The summed E-state index contributed by atoms with van der Waals surface area (Å²) in [4.78, 5) is 0.600. The summed E-state index contributed by atoms with van der Waals surface area (Å²) in [7, 11) is -3.11. The number of hydrogen-bond donors (Lipinski definition) is 0. The molecule has 0 saturated carbocycles. The average Bonchev–Trinajstić information content (AvgIpc) is 2.58. The molecule has 0 fully saturated rings. The molecule has 0 atom stereocenters. The van der Waals surface area contributed by atoms with E-state index in [1.807, 2.05) is 6.07 Å². The minimum Gasteiger partial charge on any atom is -0.224 e. The van der Waals surface area contributed by atoms with Gasteiger partial charge in [0, 0.05) is 0 Å². The number of unbranched alkanes of at least 4 members (excludes halogenated alkanes) is 5. The Hall–Kier alpha value is -0.830. The van der Waals surface area contributed by atoms with Crippen LogP contribution < -0.4 is 0 Å². The van der Waals surface area contributed by atoms with Crippen molar-refractivity contribution < 1.29 is 8.42 Å². The van der Waals surface area contributed by atoms with Crippen molar-refractivity contribution in [3.8, 4) is 0 Å². The van der Waals surface area contributed by atoms with E-state index < -0.39 is 9.84 Å². The third-order valence-corrected chi connectivity index (χ3v) is 6.98. The van der Waals surface area contributed by atoms with Gasteiger partial charge < -0.3 is 0 Å². The fraction of sp³-hybridized carbons (Fsp3) is 0.700. The summed E-state index contributed by atoms with van der Waals surface area (Å²) >= 11 is 0. The summed E-state index contributed by atoms with van der Waals surface area (Å²) < 4.78 is 25.2. The molecule has 0 spiro atoms. The first-order valence-electron chi connectivity index (χ1n) is 9.23. The molecular weight excluding hydrogens is 304 g/mol. The molecule has 0 aromatic heterocycles. The van der Waals surface area contributed by atoms with E-state index in [9.17, 15) is 8.42 Å². The van der Waals surface area contributed by atoms with Crippen molar-refractivity contribution in [2.45, 2.75) is 88.9 Å². The fourth-order valence-electron chi connectivity index (χ4n) is 3.60. The zero-order valence-electron chi connectivity index (χ0n) is 15.0. The summed E-state index contributed by atoms with van der Waals surface area (Å²) in [6, 6.07) is 6.18. The van der Waals surface area contributed by atoms with Crippen LogP contribution in [0.5, 0.6) is 0 Å². The SMILES string of the molecule is CCCCCCCCc1ccc2c(c1)S(=O)(=O)CCCC2(C)C. The Morgan fingerprint density at radius 2 is 1.74 bits per heavy atom. The second-order valence-electron chi connectivity index (χ2n) is 7.65. The molecule has 0 amide bonds. The van der Waals surface area contributed by atoms with E-state index in [4.69, 9.17) is 0 Å². The maximum atomic E-state index is 12.6. The first-order chi connectivity index (χ1) is 10.9. The van der Waals surface area contributed by atoms with Gasteiger partial charge in [0.25, 0.3) is 0 Å². The summed E-state index contributed by atoms with van der Waals surface area (Å²) in [6.45, 7) is 6.57. The quantitative estimate of drug-likeness (QED) is 0.622. The van der Waals surface area contributed by atoms with Gasteiger partial charge in [-0.1, -0.05) is 65.0 Å². The van der Waals surface area contributed by atoms with E-state index in [1.54, 1.807) is 0 Å². The second kappa shape index (κ2) is 7.83. The average molecular weight is 337 g/mol. The summed E-state index contributed by atoms with van der Waals surface area (Å²) in [5.74, 6) is 0.296. The van der Waals surface area contributed by atoms with Crippen LogP contribution in [0, 0.1) is 0 Å². The predicted octanol–water partition coefficient (Wildman–Crippen LogP) is 5.43. The maximum absolute atomic E-state index is 12.6. The van der Waals surface area contributed by atoms with Crippen molar-refractivity contribution in [3.05, 3.63) is 29.3 Å². The molecule has 1 aromatic carbocycles. The highest BCUT2D eigenvalue weighted by Gasteiger charge is 2.32. The van der Waals surface area contributed by atoms with Crippen molar-refractivity contribution in [3.63, 3.8) is 0 Å². The maximum Gasteiger partial charge on any atom is 0.178 e. The van der Waals surface area contributed by atoms with Gasteiger partial charge in [0.2, 0.25) is 0 Å². The minimum atomic E-state index is -3.11. The van der Waals surface area contributed by atoms with Gasteiger partial charge in [0.05, 0.1) is 10.6 Å². The summed E-state index contributed by atoms with van der Waals surface area (Å²) in [5, 5.41) is 0. The van der Waals surface area contributed by atoms with Crippen molar-refractivity contribution >= 4 is 9.84 Å². The Balaban J connectivity index is 2.09. The third-order valence-electron chi connectivity index (χ3n) is 5.14. The van der Waals surface area contributed by atoms with E-state index in [0.717, 1.165) is 31.2 Å². The topological polar surface area (TPSA) is 34.1 Å². The van der Waals surface area contributed by atoms with E-state index in [-0.39, 0.29) is 5.41 Å². The molecular formula is C20H32O2S. The Morgan fingerprint density at radius 1 is 1.04 bits per heavy atom.